The van der Waals surface area contributed by atoms with Crippen LogP contribution in [0.4, 0.5) is 0 Å². The van der Waals surface area contributed by atoms with Crippen LogP contribution in [0.25, 0.3) is 0 Å². The van der Waals surface area contributed by atoms with Gasteiger partial charge in [-0.15, -0.1) is 0 Å². The van der Waals surface area contributed by atoms with Crippen LogP contribution in [0.5, 0.6) is 0 Å². The van der Waals surface area contributed by atoms with E-state index in [1.165, 1.54) is 0 Å². The van der Waals surface area contributed by atoms with Crippen molar-refractivity contribution in [2.24, 2.45) is 5.73 Å². The first-order valence-corrected chi connectivity index (χ1v) is 5.36. The summed E-state index contributed by atoms with van der Waals surface area (Å²) in [4.78, 5) is 2.12. The molecule has 4 nitrogen and oxygen atoms in total. The minimum Gasteiger partial charge on any atom is -0.364 e. The Bertz CT molecular complexity index is 121. The fraction of sp³-hybridized carbons (Fsp3) is 1.00. The van der Waals surface area contributed by atoms with E-state index in [9.17, 15) is 0 Å². The highest BCUT2D eigenvalue weighted by atomic mass is 16.5. The van der Waals surface area contributed by atoms with Gasteiger partial charge in [0.05, 0.1) is 0 Å². The van der Waals surface area contributed by atoms with E-state index in [4.69, 9.17) is 15.2 Å². The van der Waals surface area contributed by atoms with Crippen molar-refractivity contribution < 1.29 is 9.47 Å². The third-order valence-corrected chi connectivity index (χ3v) is 2.14. The summed E-state index contributed by atoms with van der Waals surface area (Å²) in [7, 11) is 0. The van der Waals surface area contributed by atoms with E-state index in [0.29, 0.717) is 19.8 Å². The summed E-state index contributed by atoms with van der Waals surface area (Å²) >= 11 is 0. The first-order valence-electron chi connectivity index (χ1n) is 5.36. The zero-order chi connectivity index (χ0) is 11.0. The van der Waals surface area contributed by atoms with Crippen LogP contribution in [0.15, 0.2) is 0 Å². The van der Waals surface area contributed by atoms with Crippen LogP contribution in [-0.4, -0.2) is 43.7 Å². The maximum absolute atomic E-state index is 5.54. The molecule has 0 aromatic carbocycles. The smallest absolute Gasteiger partial charge is 0.109 e. The van der Waals surface area contributed by atoms with Crippen molar-refractivity contribution in [1.29, 1.82) is 0 Å². The van der Waals surface area contributed by atoms with Crippen molar-refractivity contribution in [3.05, 3.63) is 0 Å². The Labute approximate surface area is 87.4 Å². The van der Waals surface area contributed by atoms with Gasteiger partial charge in [0.15, 0.2) is 0 Å². The SMILES string of the molecule is CCOC(C)N(CCN)C(C)OCC. The zero-order valence-electron chi connectivity index (χ0n) is 9.82. The second-order valence-corrected chi connectivity index (χ2v) is 3.14. The van der Waals surface area contributed by atoms with E-state index < -0.39 is 0 Å². The van der Waals surface area contributed by atoms with Crippen molar-refractivity contribution in [3.8, 4) is 0 Å². The van der Waals surface area contributed by atoms with E-state index in [2.05, 4.69) is 4.90 Å². The van der Waals surface area contributed by atoms with Gasteiger partial charge in [0.1, 0.15) is 12.5 Å². The van der Waals surface area contributed by atoms with Crippen LogP contribution in [0.2, 0.25) is 0 Å². The maximum atomic E-state index is 5.54. The minimum atomic E-state index is 0.0603. The lowest BCUT2D eigenvalue weighted by molar-refractivity contribution is -0.135. The second-order valence-electron chi connectivity index (χ2n) is 3.14. The molecule has 0 amide bonds. The van der Waals surface area contributed by atoms with Gasteiger partial charge in [0.2, 0.25) is 0 Å². The molecule has 0 aromatic heterocycles. The Morgan fingerprint density at radius 1 is 1.07 bits per heavy atom. The van der Waals surface area contributed by atoms with Crippen LogP contribution < -0.4 is 5.73 Å². The molecular weight excluding hydrogens is 180 g/mol. The van der Waals surface area contributed by atoms with E-state index in [0.717, 1.165) is 6.54 Å². The predicted octanol–water partition coefficient (Wildman–Crippen LogP) is 1.01. The quantitative estimate of drug-likeness (QED) is 0.599. The lowest BCUT2D eigenvalue weighted by Crippen LogP contribution is -2.45. The molecule has 0 spiro atoms. The molecule has 0 bridgehead atoms. The largest absolute Gasteiger partial charge is 0.364 e. The molecule has 86 valence electrons. The molecule has 2 N–H and O–H groups in total. The van der Waals surface area contributed by atoms with E-state index in [1.54, 1.807) is 0 Å². The maximum Gasteiger partial charge on any atom is 0.109 e. The molecule has 14 heavy (non-hydrogen) atoms. The Morgan fingerprint density at radius 2 is 1.50 bits per heavy atom. The van der Waals surface area contributed by atoms with Gasteiger partial charge in [-0.2, -0.15) is 0 Å². The molecule has 0 aliphatic rings. The summed E-state index contributed by atoms with van der Waals surface area (Å²) in [5.74, 6) is 0. The fourth-order valence-electron chi connectivity index (χ4n) is 1.48. The van der Waals surface area contributed by atoms with Gasteiger partial charge in [-0.1, -0.05) is 0 Å². The monoisotopic (exact) mass is 204 g/mol. The summed E-state index contributed by atoms with van der Waals surface area (Å²) in [6, 6.07) is 0. The van der Waals surface area contributed by atoms with E-state index in [-0.39, 0.29) is 12.5 Å². The molecule has 0 aliphatic heterocycles. The molecule has 4 heteroatoms. The van der Waals surface area contributed by atoms with Crippen LogP contribution >= 0.6 is 0 Å². The van der Waals surface area contributed by atoms with Gasteiger partial charge in [-0.05, 0) is 27.7 Å². The summed E-state index contributed by atoms with van der Waals surface area (Å²) in [5.41, 5.74) is 5.54. The lowest BCUT2D eigenvalue weighted by Gasteiger charge is -2.33. The standard InChI is InChI=1S/C10H24N2O2/c1-5-13-9(3)12(8-7-11)10(4)14-6-2/h9-10H,5-8,11H2,1-4H3. The second kappa shape index (κ2) is 8.17. The van der Waals surface area contributed by atoms with Gasteiger partial charge in [0.25, 0.3) is 0 Å². The van der Waals surface area contributed by atoms with Gasteiger partial charge in [0, 0.05) is 26.3 Å². The number of hydrogen-bond acceptors (Lipinski definition) is 4. The summed E-state index contributed by atoms with van der Waals surface area (Å²) in [5, 5.41) is 0. The van der Waals surface area contributed by atoms with Crippen LogP contribution in [0, 0.1) is 0 Å². The molecule has 2 unspecified atom stereocenters. The third-order valence-electron chi connectivity index (χ3n) is 2.14. The Balaban J connectivity index is 4.10. The normalized spacial score (nSPS) is 15.9. The molecule has 0 fully saturated rings. The number of rotatable bonds is 8. The molecule has 0 heterocycles. The molecule has 0 saturated carbocycles. The summed E-state index contributed by atoms with van der Waals surface area (Å²) in [6.07, 6.45) is 0.121. The fourth-order valence-corrected chi connectivity index (χ4v) is 1.48. The minimum absolute atomic E-state index is 0.0603. The highest BCUT2D eigenvalue weighted by molar-refractivity contribution is 4.62. The molecule has 0 saturated heterocycles. The molecular formula is C10H24N2O2. The molecule has 0 aromatic rings. The Kier molecular flexibility index (Phi) is 8.08. The molecule has 0 radical (unpaired) electrons. The molecule has 0 rings (SSSR count). The van der Waals surface area contributed by atoms with Crippen molar-refractivity contribution in [2.75, 3.05) is 26.3 Å². The predicted molar refractivity (Wildman–Crippen MR) is 57.9 cm³/mol. The van der Waals surface area contributed by atoms with Crippen molar-refractivity contribution in [2.45, 2.75) is 40.2 Å². The summed E-state index contributed by atoms with van der Waals surface area (Å²) < 4.78 is 11.0. The Morgan fingerprint density at radius 3 is 1.79 bits per heavy atom. The molecule has 2 atom stereocenters. The van der Waals surface area contributed by atoms with E-state index >= 15 is 0 Å². The van der Waals surface area contributed by atoms with Gasteiger partial charge in [-0.3, -0.25) is 4.90 Å². The van der Waals surface area contributed by atoms with Crippen molar-refractivity contribution in [3.63, 3.8) is 0 Å². The number of nitrogens with zero attached hydrogens (tertiary/aromatic N) is 1. The first-order chi connectivity index (χ1) is 6.67. The van der Waals surface area contributed by atoms with Crippen LogP contribution in [0.1, 0.15) is 27.7 Å². The Hall–Kier alpha value is -0.160. The number of ether oxygens (including phenoxy) is 2. The zero-order valence-corrected chi connectivity index (χ0v) is 9.82. The van der Waals surface area contributed by atoms with Gasteiger partial charge in [-0.25, -0.2) is 0 Å². The molecule has 0 aliphatic carbocycles. The number of nitrogens with two attached hydrogens (primary N) is 1. The average molecular weight is 204 g/mol. The topological polar surface area (TPSA) is 47.7 Å². The van der Waals surface area contributed by atoms with E-state index in [1.807, 2.05) is 27.7 Å². The highest BCUT2D eigenvalue weighted by Gasteiger charge is 2.19. The third kappa shape index (κ3) is 4.91. The highest BCUT2D eigenvalue weighted by Crippen LogP contribution is 2.07. The number of hydrogen-bond donors (Lipinski definition) is 1. The van der Waals surface area contributed by atoms with Crippen molar-refractivity contribution >= 4 is 0 Å². The van der Waals surface area contributed by atoms with Crippen molar-refractivity contribution in [1.82, 2.24) is 4.90 Å². The average Bonchev–Trinajstić information content (AvgIpc) is 2.14. The lowest BCUT2D eigenvalue weighted by atomic mass is 10.4. The van der Waals surface area contributed by atoms with Crippen LogP contribution in [0.3, 0.4) is 0 Å². The first kappa shape index (κ1) is 13.8. The van der Waals surface area contributed by atoms with Gasteiger partial charge >= 0.3 is 0 Å². The van der Waals surface area contributed by atoms with Gasteiger partial charge < -0.3 is 15.2 Å². The van der Waals surface area contributed by atoms with Crippen LogP contribution in [-0.2, 0) is 9.47 Å². The summed E-state index contributed by atoms with van der Waals surface area (Å²) in [6.45, 7) is 10.9.